The summed E-state index contributed by atoms with van der Waals surface area (Å²) in [6, 6.07) is 6.10. The SMILES string of the molecule is O=[N+]([O-])c1ccc(Oc2ccc(Cl)cn2)c(F)c1. The molecule has 1 aromatic heterocycles. The number of aromatic nitrogens is 1. The van der Waals surface area contributed by atoms with Crippen molar-refractivity contribution in [1.29, 1.82) is 0 Å². The molecule has 1 heterocycles. The summed E-state index contributed by atoms with van der Waals surface area (Å²) in [5.41, 5.74) is -0.344. The first-order chi connectivity index (χ1) is 8.56. The lowest BCUT2D eigenvalue weighted by molar-refractivity contribution is -0.385. The zero-order valence-electron chi connectivity index (χ0n) is 8.84. The molecule has 0 radical (unpaired) electrons. The van der Waals surface area contributed by atoms with Gasteiger partial charge in [0.25, 0.3) is 5.69 Å². The molecule has 0 aliphatic heterocycles. The van der Waals surface area contributed by atoms with Crippen LogP contribution >= 0.6 is 11.6 Å². The number of benzene rings is 1. The average molecular weight is 269 g/mol. The van der Waals surface area contributed by atoms with E-state index in [4.69, 9.17) is 16.3 Å². The summed E-state index contributed by atoms with van der Waals surface area (Å²) in [6.45, 7) is 0. The molecule has 0 saturated heterocycles. The molecule has 0 amide bonds. The van der Waals surface area contributed by atoms with Crippen molar-refractivity contribution in [1.82, 2.24) is 4.98 Å². The van der Waals surface area contributed by atoms with Crippen molar-refractivity contribution >= 4 is 17.3 Å². The van der Waals surface area contributed by atoms with Crippen LogP contribution in [0.25, 0.3) is 0 Å². The maximum absolute atomic E-state index is 13.5. The molecule has 2 rings (SSSR count). The van der Waals surface area contributed by atoms with E-state index < -0.39 is 10.7 Å². The third-order valence-corrected chi connectivity index (χ3v) is 2.26. The molecule has 0 N–H and O–H groups in total. The maximum atomic E-state index is 13.5. The number of hydrogen-bond acceptors (Lipinski definition) is 4. The quantitative estimate of drug-likeness (QED) is 0.630. The minimum Gasteiger partial charge on any atom is -0.436 e. The van der Waals surface area contributed by atoms with E-state index in [1.54, 1.807) is 0 Å². The highest BCUT2D eigenvalue weighted by atomic mass is 35.5. The van der Waals surface area contributed by atoms with Crippen molar-refractivity contribution in [3.8, 4) is 11.6 Å². The van der Waals surface area contributed by atoms with Gasteiger partial charge in [0.15, 0.2) is 11.6 Å². The van der Waals surface area contributed by atoms with Gasteiger partial charge in [0.1, 0.15) is 0 Å². The molecule has 0 spiro atoms. The van der Waals surface area contributed by atoms with Crippen molar-refractivity contribution in [2.45, 2.75) is 0 Å². The Morgan fingerprint density at radius 1 is 1.33 bits per heavy atom. The van der Waals surface area contributed by atoms with Crippen LogP contribution in [0.5, 0.6) is 11.6 Å². The molecule has 0 aliphatic carbocycles. The molecular weight excluding hydrogens is 263 g/mol. The first kappa shape index (κ1) is 12.3. The Bertz CT molecular complexity index is 589. The normalized spacial score (nSPS) is 10.1. The molecule has 0 bridgehead atoms. The topological polar surface area (TPSA) is 65.3 Å². The van der Waals surface area contributed by atoms with Gasteiger partial charge in [0.05, 0.1) is 16.0 Å². The van der Waals surface area contributed by atoms with Gasteiger partial charge in [-0.2, -0.15) is 0 Å². The second-order valence-corrected chi connectivity index (χ2v) is 3.72. The van der Waals surface area contributed by atoms with Gasteiger partial charge in [0.2, 0.25) is 5.88 Å². The van der Waals surface area contributed by atoms with Gasteiger partial charge in [-0.05, 0) is 12.1 Å². The van der Waals surface area contributed by atoms with Gasteiger partial charge in [-0.3, -0.25) is 10.1 Å². The number of hydrogen-bond donors (Lipinski definition) is 0. The van der Waals surface area contributed by atoms with E-state index >= 15 is 0 Å². The van der Waals surface area contributed by atoms with Gasteiger partial charge < -0.3 is 4.74 Å². The smallest absolute Gasteiger partial charge is 0.272 e. The van der Waals surface area contributed by atoms with Crippen molar-refractivity contribution in [2.75, 3.05) is 0 Å². The zero-order valence-corrected chi connectivity index (χ0v) is 9.60. The van der Waals surface area contributed by atoms with Crippen LogP contribution in [0.2, 0.25) is 5.02 Å². The largest absolute Gasteiger partial charge is 0.436 e. The van der Waals surface area contributed by atoms with Gasteiger partial charge >= 0.3 is 0 Å². The van der Waals surface area contributed by atoms with Crippen molar-refractivity contribution < 1.29 is 14.1 Å². The Balaban J connectivity index is 2.24. The highest BCUT2D eigenvalue weighted by Crippen LogP contribution is 2.26. The van der Waals surface area contributed by atoms with E-state index in [1.165, 1.54) is 24.4 Å². The fourth-order valence-electron chi connectivity index (χ4n) is 1.22. The summed E-state index contributed by atoms with van der Waals surface area (Å²) in [6.07, 6.45) is 1.35. The highest BCUT2D eigenvalue weighted by molar-refractivity contribution is 6.30. The standard InChI is InChI=1S/C11H6ClFN2O3/c12-7-1-4-11(14-6-7)18-10-3-2-8(15(16)17)5-9(10)13/h1-6H. The molecule has 0 fully saturated rings. The van der Waals surface area contributed by atoms with Crippen LogP contribution in [0.4, 0.5) is 10.1 Å². The summed E-state index contributed by atoms with van der Waals surface area (Å²) < 4.78 is 18.6. The fraction of sp³-hybridized carbons (Fsp3) is 0. The van der Waals surface area contributed by atoms with Crippen molar-refractivity contribution in [3.63, 3.8) is 0 Å². The minimum absolute atomic E-state index is 0.143. The van der Waals surface area contributed by atoms with Crippen LogP contribution in [-0.4, -0.2) is 9.91 Å². The summed E-state index contributed by atoms with van der Waals surface area (Å²) in [5.74, 6) is -0.830. The van der Waals surface area contributed by atoms with Crippen molar-refractivity contribution in [3.05, 3.63) is 57.5 Å². The first-order valence-electron chi connectivity index (χ1n) is 4.79. The Morgan fingerprint density at radius 3 is 2.67 bits per heavy atom. The van der Waals surface area contributed by atoms with Crippen LogP contribution in [-0.2, 0) is 0 Å². The summed E-state index contributed by atoms with van der Waals surface area (Å²) in [5, 5.41) is 10.9. The van der Waals surface area contributed by atoms with Gasteiger partial charge in [0, 0.05) is 18.3 Å². The fourth-order valence-corrected chi connectivity index (χ4v) is 1.33. The Morgan fingerprint density at radius 2 is 2.11 bits per heavy atom. The number of ether oxygens (including phenoxy) is 1. The minimum atomic E-state index is -0.832. The predicted molar refractivity (Wildman–Crippen MR) is 62.4 cm³/mol. The van der Waals surface area contributed by atoms with Gasteiger partial charge in [-0.1, -0.05) is 11.6 Å². The van der Waals surface area contributed by atoms with Crippen LogP contribution in [0.15, 0.2) is 36.5 Å². The summed E-state index contributed by atoms with van der Waals surface area (Å²) in [4.78, 5) is 13.6. The summed E-state index contributed by atoms with van der Waals surface area (Å²) in [7, 11) is 0. The van der Waals surface area contributed by atoms with Gasteiger partial charge in [-0.15, -0.1) is 0 Å². The number of nitro benzene ring substituents is 1. The lowest BCUT2D eigenvalue weighted by Gasteiger charge is -2.05. The van der Waals surface area contributed by atoms with E-state index in [9.17, 15) is 14.5 Å². The number of nitro groups is 1. The molecule has 0 unspecified atom stereocenters. The van der Waals surface area contributed by atoms with Crippen molar-refractivity contribution in [2.24, 2.45) is 0 Å². The Kier molecular flexibility index (Phi) is 3.38. The van der Waals surface area contributed by atoms with E-state index in [1.807, 2.05) is 0 Å². The molecule has 7 heteroatoms. The molecule has 18 heavy (non-hydrogen) atoms. The zero-order chi connectivity index (χ0) is 13.1. The number of rotatable bonds is 3. The molecule has 2 aromatic rings. The average Bonchev–Trinajstić information content (AvgIpc) is 2.34. The molecule has 0 aliphatic rings. The number of nitrogens with zero attached hydrogens (tertiary/aromatic N) is 2. The molecule has 0 saturated carbocycles. The number of non-ortho nitro benzene ring substituents is 1. The monoisotopic (exact) mass is 268 g/mol. The third kappa shape index (κ3) is 2.72. The first-order valence-corrected chi connectivity index (χ1v) is 5.17. The van der Waals surface area contributed by atoms with E-state index in [-0.39, 0.29) is 17.3 Å². The Labute approximate surface area is 106 Å². The van der Waals surface area contributed by atoms with Crippen LogP contribution in [0, 0.1) is 15.9 Å². The van der Waals surface area contributed by atoms with Crippen LogP contribution < -0.4 is 4.74 Å². The maximum Gasteiger partial charge on any atom is 0.272 e. The Hall–Kier alpha value is -2.21. The van der Waals surface area contributed by atoms with Crippen LogP contribution in [0.3, 0.4) is 0 Å². The molecule has 92 valence electrons. The van der Waals surface area contributed by atoms with E-state index in [0.29, 0.717) is 5.02 Å². The highest BCUT2D eigenvalue weighted by Gasteiger charge is 2.12. The number of pyridine rings is 1. The lowest BCUT2D eigenvalue weighted by atomic mass is 10.3. The molecule has 0 atom stereocenters. The molecule has 5 nitrogen and oxygen atoms in total. The van der Waals surface area contributed by atoms with Gasteiger partial charge in [-0.25, -0.2) is 9.37 Å². The third-order valence-electron chi connectivity index (χ3n) is 2.04. The number of halogens is 2. The van der Waals surface area contributed by atoms with E-state index in [0.717, 1.165) is 12.1 Å². The predicted octanol–water partition coefficient (Wildman–Crippen LogP) is 3.57. The summed E-state index contributed by atoms with van der Waals surface area (Å²) >= 11 is 5.63. The molecule has 1 aromatic carbocycles. The van der Waals surface area contributed by atoms with E-state index in [2.05, 4.69) is 4.98 Å². The van der Waals surface area contributed by atoms with Crippen LogP contribution in [0.1, 0.15) is 0 Å². The second kappa shape index (κ2) is 4.97. The molecular formula is C11H6ClFN2O3. The lowest BCUT2D eigenvalue weighted by Crippen LogP contribution is -1.93. The second-order valence-electron chi connectivity index (χ2n) is 3.29.